The molecular weight excluding hydrogens is 356 g/mol. The molecule has 1 N–H and O–H groups in total. The Balaban J connectivity index is 1.94. The number of nitrogens with one attached hydrogen (secondary N) is 1. The second-order valence-corrected chi connectivity index (χ2v) is 6.22. The number of nitrogens with zero attached hydrogens (tertiary/aromatic N) is 1. The lowest BCUT2D eigenvalue weighted by atomic mass is 10.1. The van der Waals surface area contributed by atoms with E-state index in [0.717, 1.165) is 50.0 Å². The number of benzene rings is 2. The Morgan fingerprint density at radius 2 is 2.09 bits per heavy atom. The van der Waals surface area contributed by atoms with Crippen LogP contribution in [-0.4, -0.2) is 16.8 Å². The fourth-order valence-electron chi connectivity index (χ4n) is 2.68. The van der Waals surface area contributed by atoms with Crippen LogP contribution in [-0.2, 0) is 0 Å². The third kappa shape index (κ3) is 2.41. The van der Waals surface area contributed by atoms with Gasteiger partial charge in [-0.15, -0.1) is 0 Å². The maximum atomic E-state index is 5.97. The van der Waals surface area contributed by atoms with E-state index in [9.17, 15) is 0 Å². The summed E-state index contributed by atoms with van der Waals surface area (Å²) in [6.45, 7) is 2.74. The fourth-order valence-corrected chi connectivity index (χ4v) is 3.12. The van der Waals surface area contributed by atoms with Gasteiger partial charge in [0, 0.05) is 5.39 Å². The number of aromatic amines is 1. The number of ether oxygens (including phenoxy) is 1. The first-order valence-corrected chi connectivity index (χ1v) is 8.35. The van der Waals surface area contributed by atoms with Gasteiger partial charge < -0.3 is 9.15 Å². The van der Waals surface area contributed by atoms with Gasteiger partial charge in [-0.25, -0.2) is 0 Å². The molecule has 0 unspecified atom stereocenters. The third-order valence-electron chi connectivity index (χ3n) is 3.74. The average Bonchev–Trinajstić information content (AvgIpc) is 3.17. The number of aromatic nitrogens is 2. The molecule has 0 radical (unpaired) electrons. The molecule has 116 valence electrons. The number of fused-ring (bicyclic) bond motifs is 2. The van der Waals surface area contributed by atoms with Gasteiger partial charge in [0.15, 0.2) is 5.76 Å². The minimum atomic E-state index is 0.655. The predicted molar refractivity (Wildman–Crippen MR) is 94.8 cm³/mol. The third-order valence-corrected chi connectivity index (χ3v) is 4.37. The van der Waals surface area contributed by atoms with Gasteiger partial charge >= 0.3 is 0 Å². The molecule has 0 aliphatic carbocycles. The van der Waals surface area contributed by atoms with E-state index in [1.54, 1.807) is 0 Å². The molecule has 0 amide bonds. The second kappa shape index (κ2) is 5.74. The molecule has 0 atom stereocenters. The molecule has 0 fully saturated rings. The van der Waals surface area contributed by atoms with Crippen LogP contribution in [0.1, 0.15) is 13.3 Å². The number of furan rings is 1. The lowest BCUT2D eigenvalue weighted by molar-refractivity contribution is 0.319. The summed E-state index contributed by atoms with van der Waals surface area (Å²) < 4.78 is 12.8. The summed E-state index contributed by atoms with van der Waals surface area (Å²) >= 11 is 3.58. The van der Waals surface area contributed by atoms with Gasteiger partial charge in [-0.3, -0.25) is 5.10 Å². The van der Waals surface area contributed by atoms with E-state index < -0.39 is 0 Å². The smallest absolute Gasteiger partial charge is 0.156 e. The van der Waals surface area contributed by atoms with Crippen LogP contribution in [0.2, 0.25) is 0 Å². The maximum Gasteiger partial charge on any atom is 0.156 e. The fraction of sp³-hybridized carbons (Fsp3) is 0.167. The van der Waals surface area contributed by atoms with E-state index >= 15 is 0 Å². The molecule has 0 bridgehead atoms. The highest BCUT2D eigenvalue weighted by Crippen LogP contribution is 2.40. The van der Waals surface area contributed by atoms with Crippen LogP contribution in [0.15, 0.2) is 51.4 Å². The Kier molecular flexibility index (Phi) is 3.58. The van der Waals surface area contributed by atoms with E-state index in [4.69, 9.17) is 9.15 Å². The van der Waals surface area contributed by atoms with Crippen molar-refractivity contribution in [2.45, 2.75) is 13.3 Å². The standard InChI is InChI=1S/C18H15BrN2O2/c1-2-9-22-18-12(19)7-8-13-16(18)17(21-20-13)15-10-11-5-3-4-6-14(11)23-15/h3-8,10H,2,9H2,1H3,(H,20,21). The summed E-state index contributed by atoms with van der Waals surface area (Å²) in [6, 6.07) is 13.9. The molecule has 0 aliphatic rings. The topological polar surface area (TPSA) is 51.0 Å². The molecule has 4 aromatic rings. The highest BCUT2D eigenvalue weighted by molar-refractivity contribution is 9.10. The Labute approximate surface area is 141 Å². The van der Waals surface area contributed by atoms with Crippen molar-refractivity contribution in [3.05, 3.63) is 46.9 Å². The molecule has 0 aliphatic heterocycles. The lowest BCUT2D eigenvalue weighted by Crippen LogP contribution is -1.96. The van der Waals surface area contributed by atoms with E-state index in [1.165, 1.54) is 0 Å². The van der Waals surface area contributed by atoms with Gasteiger partial charge in [-0.05, 0) is 46.6 Å². The zero-order valence-corrected chi connectivity index (χ0v) is 14.2. The molecule has 5 heteroatoms. The van der Waals surface area contributed by atoms with Crippen LogP contribution in [0.5, 0.6) is 5.75 Å². The largest absolute Gasteiger partial charge is 0.492 e. The van der Waals surface area contributed by atoms with E-state index in [-0.39, 0.29) is 0 Å². The quantitative estimate of drug-likeness (QED) is 0.513. The molecule has 2 aromatic carbocycles. The van der Waals surface area contributed by atoms with Gasteiger partial charge in [-0.1, -0.05) is 25.1 Å². The highest BCUT2D eigenvalue weighted by atomic mass is 79.9. The first kappa shape index (κ1) is 14.3. The van der Waals surface area contributed by atoms with Gasteiger partial charge in [-0.2, -0.15) is 5.10 Å². The van der Waals surface area contributed by atoms with Gasteiger partial charge in [0.1, 0.15) is 17.0 Å². The molecule has 4 nitrogen and oxygen atoms in total. The van der Waals surface area contributed by atoms with Gasteiger partial charge in [0.2, 0.25) is 0 Å². The maximum absolute atomic E-state index is 5.97. The van der Waals surface area contributed by atoms with Crippen molar-refractivity contribution in [3.8, 4) is 17.2 Å². The molecule has 2 heterocycles. The molecule has 0 saturated heterocycles. The van der Waals surface area contributed by atoms with Crippen LogP contribution in [0.4, 0.5) is 0 Å². The molecule has 0 spiro atoms. The Morgan fingerprint density at radius 3 is 2.91 bits per heavy atom. The molecular formula is C18H15BrN2O2. The summed E-state index contributed by atoms with van der Waals surface area (Å²) in [5.74, 6) is 1.53. The normalized spacial score (nSPS) is 11.4. The number of para-hydroxylation sites is 1. The van der Waals surface area contributed by atoms with Crippen LogP contribution in [0.3, 0.4) is 0 Å². The van der Waals surface area contributed by atoms with Crippen molar-refractivity contribution < 1.29 is 9.15 Å². The monoisotopic (exact) mass is 370 g/mol. The molecule has 2 aromatic heterocycles. The summed E-state index contributed by atoms with van der Waals surface area (Å²) in [5, 5.41) is 9.51. The zero-order valence-electron chi connectivity index (χ0n) is 12.6. The predicted octanol–water partition coefficient (Wildman–Crippen LogP) is 5.53. The number of rotatable bonds is 4. The van der Waals surface area contributed by atoms with Crippen LogP contribution >= 0.6 is 15.9 Å². The summed E-state index contributed by atoms with van der Waals surface area (Å²) in [4.78, 5) is 0. The minimum Gasteiger partial charge on any atom is -0.492 e. The first-order valence-electron chi connectivity index (χ1n) is 7.56. The van der Waals surface area contributed by atoms with E-state index in [1.807, 2.05) is 42.5 Å². The Hall–Kier alpha value is -2.27. The molecule has 23 heavy (non-hydrogen) atoms. The molecule has 4 rings (SSSR count). The van der Waals surface area contributed by atoms with Crippen molar-refractivity contribution in [2.24, 2.45) is 0 Å². The van der Waals surface area contributed by atoms with Gasteiger partial charge in [0.05, 0.1) is 22.0 Å². The van der Waals surface area contributed by atoms with Crippen LogP contribution in [0.25, 0.3) is 33.3 Å². The van der Waals surface area contributed by atoms with Crippen molar-refractivity contribution in [1.82, 2.24) is 10.2 Å². The first-order chi connectivity index (χ1) is 11.3. The molecule has 0 saturated carbocycles. The van der Waals surface area contributed by atoms with Crippen LogP contribution in [0, 0.1) is 0 Å². The van der Waals surface area contributed by atoms with Crippen molar-refractivity contribution in [3.63, 3.8) is 0 Å². The van der Waals surface area contributed by atoms with E-state index in [2.05, 4.69) is 33.1 Å². The number of H-pyrrole nitrogens is 1. The van der Waals surface area contributed by atoms with Crippen LogP contribution < -0.4 is 4.74 Å². The van der Waals surface area contributed by atoms with Crippen molar-refractivity contribution in [1.29, 1.82) is 0 Å². The SMILES string of the molecule is CCCOc1c(Br)ccc2[nH]nc(-c3cc4ccccc4o3)c12. The number of hydrogen-bond acceptors (Lipinski definition) is 3. The van der Waals surface area contributed by atoms with Crippen molar-refractivity contribution >= 4 is 37.8 Å². The number of halogens is 1. The lowest BCUT2D eigenvalue weighted by Gasteiger charge is -2.08. The Morgan fingerprint density at radius 1 is 1.22 bits per heavy atom. The summed E-state index contributed by atoms with van der Waals surface area (Å²) in [5.41, 5.74) is 2.54. The minimum absolute atomic E-state index is 0.655. The van der Waals surface area contributed by atoms with Gasteiger partial charge in [0.25, 0.3) is 0 Å². The van der Waals surface area contributed by atoms with E-state index in [0.29, 0.717) is 6.61 Å². The summed E-state index contributed by atoms with van der Waals surface area (Å²) in [7, 11) is 0. The Bertz CT molecular complexity index is 954. The average molecular weight is 371 g/mol. The van der Waals surface area contributed by atoms with Crippen molar-refractivity contribution in [2.75, 3.05) is 6.61 Å². The number of hydrogen-bond donors (Lipinski definition) is 1. The summed E-state index contributed by atoms with van der Waals surface area (Å²) in [6.07, 6.45) is 0.945. The second-order valence-electron chi connectivity index (χ2n) is 5.37. The zero-order chi connectivity index (χ0) is 15.8. The highest BCUT2D eigenvalue weighted by Gasteiger charge is 2.18.